The maximum absolute atomic E-state index is 9.77. The fourth-order valence-electron chi connectivity index (χ4n) is 1.82. The highest BCUT2D eigenvalue weighted by molar-refractivity contribution is 9.10. The largest absolute Gasteiger partial charge is 0.507 e. The quantitative estimate of drug-likeness (QED) is 0.667. The first-order chi connectivity index (χ1) is 10.2. The molecule has 0 aliphatic carbocycles. The van der Waals surface area contributed by atoms with Crippen molar-refractivity contribution in [2.45, 2.75) is 0 Å². The molecule has 0 aliphatic rings. The monoisotopic (exact) mass is 358 g/mol. The van der Waals surface area contributed by atoms with Crippen molar-refractivity contribution >= 4 is 38.6 Å². The smallest absolute Gasteiger partial charge is 0.209 e. The van der Waals surface area contributed by atoms with E-state index < -0.39 is 0 Å². The number of benzene rings is 2. The Kier molecular flexibility index (Phi) is 4.13. The zero-order valence-electron chi connectivity index (χ0n) is 10.9. The van der Waals surface area contributed by atoms with E-state index in [1.165, 1.54) is 11.3 Å². The second-order valence-electron chi connectivity index (χ2n) is 4.34. The molecule has 0 fully saturated rings. The molecule has 104 valence electrons. The number of aromatic nitrogens is 1. The molecule has 0 atom stereocenters. The molecule has 0 saturated carbocycles. The first-order valence-electron chi connectivity index (χ1n) is 6.26. The highest BCUT2D eigenvalue weighted by atomic mass is 79.9. The molecule has 2 aromatic carbocycles. The van der Waals surface area contributed by atoms with Gasteiger partial charge in [0.1, 0.15) is 5.75 Å². The van der Waals surface area contributed by atoms with E-state index in [4.69, 9.17) is 0 Å². The first-order valence-corrected chi connectivity index (χ1v) is 7.93. The van der Waals surface area contributed by atoms with Crippen LogP contribution in [0.15, 0.2) is 63.4 Å². The van der Waals surface area contributed by atoms with Crippen molar-refractivity contribution in [3.8, 4) is 17.0 Å². The van der Waals surface area contributed by atoms with Crippen LogP contribution < -0.4 is 0 Å². The van der Waals surface area contributed by atoms with E-state index in [9.17, 15) is 5.11 Å². The molecule has 3 nitrogen and oxygen atoms in total. The summed E-state index contributed by atoms with van der Waals surface area (Å²) < 4.78 is 0.894. The Hall–Kier alpha value is -1.98. The molecule has 3 rings (SSSR count). The van der Waals surface area contributed by atoms with Crippen LogP contribution in [0.25, 0.3) is 11.3 Å². The van der Waals surface area contributed by atoms with E-state index in [0.717, 1.165) is 15.7 Å². The van der Waals surface area contributed by atoms with Gasteiger partial charge in [-0.15, -0.1) is 11.3 Å². The molecule has 3 aromatic rings. The molecule has 0 amide bonds. The molecule has 1 N–H and O–H groups in total. The average molecular weight is 359 g/mol. The summed E-state index contributed by atoms with van der Waals surface area (Å²) in [5, 5.41) is 12.4. The summed E-state index contributed by atoms with van der Waals surface area (Å²) in [5.74, 6) is 0.196. The van der Waals surface area contributed by atoms with E-state index in [-0.39, 0.29) is 5.75 Å². The number of aromatic hydroxyl groups is 1. The number of rotatable bonds is 3. The maximum Gasteiger partial charge on any atom is 0.209 e. The standard InChI is InChI=1S/C16H11BrN2OS/c17-13-6-7-15(20)12(8-13)9-18-16-19-14(10-21-16)11-4-2-1-3-5-11/h1-10,20H. The molecule has 0 unspecified atom stereocenters. The minimum atomic E-state index is 0.196. The fraction of sp³-hybridized carbons (Fsp3) is 0. The van der Waals surface area contributed by atoms with Crippen molar-refractivity contribution in [3.63, 3.8) is 0 Å². The lowest BCUT2D eigenvalue weighted by atomic mass is 10.2. The molecule has 0 bridgehead atoms. The van der Waals surface area contributed by atoms with Gasteiger partial charge >= 0.3 is 0 Å². The predicted octanol–water partition coefficient (Wildman–Crippen LogP) is 5.03. The van der Waals surface area contributed by atoms with Crippen LogP contribution in [0.1, 0.15) is 5.56 Å². The Morgan fingerprint density at radius 2 is 1.95 bits per heavy atom. The lowest BCUT2D eigenvalue weighted by Crippen LogP contribution is -1.82. The third-order valence-corrected chi connectivity index (χ3v) is 4.11. The summed E-state index contributed by atoms with van der Waals surface area (Å²) in [5.41, 5.74) is 2.63. The van der Waals surface area contributed by atoms with Crippen LogP contribution >= 0.6 is 27.3 Å². The first kappa shape index (κ1) is 14.0. The highest BCUT2D eigenvalue weighted by Crippen LogP contribution is 2.27. The number of aliphatic imine (C=N–C) groups is 1. The molecule has 21 heavy (non-hydrogen) atoms. The van der Waals surface area contributed by atoms with Gasteiger partial charge in [-0.2, -0.15) is 0 Å². The van der Waals surface area contributed by atoms with Gasteiger partial charge in [0.2, 0.25) is 5.13 Å². The van der Waals surface area contributed by atoms with Crippen molar-refractivity contribution < 1.29 is 5.11 Å². The number of nitrogens with zero attached hydrogens (tertiary/aromatic N) is 2. The Morgan fingerprint density at radius 3 is 2.76 bits per heavy atom. The molecule has 1 heterocycles. The third kappa shape index (κ3) is 3.37. The van der Waals surface area contributed by atoms with Crippen LogP contribution in [-0.2, 0) is 0 Å². The van der Waals surface area contributed by atoms with E-state index in [1.807, 2.05) is 41.8 Å². The highest BCUT2D eigenvalue weighted by Gasteiger charge is 2.03. The van der Waals surface area contributed by atoms with Gasteiger partial charge in [0.05, 0.1) is 5.69 Å². The second-order valence-corrected chi connectivity index (χ2v) is 6.09. The van der Waals surface area contributed by atoms with Gasteiger partial charge in [0.25, 0.3) is 0 Å². The Morgan fingerprint density at radius 1 is 1.14 bits per heavy atom. The third-order valence-electron chi connectivity index (χ3n) is 2.87. The normalized spacial score (nSPS) is 11.1. The number of halogens is 1. The second kappa shape index (κ2) is 6.20. The van der Waals surface area contributed by atoms with Crippen molar-refractivity contribution in [2.24, 2.45) is 4.99 Å². The summed E-state index contributed by atoms with van der Waals surface area (Å²) in [7, 11) is 0. The van der Waals surface area contributed by atoms with Crippen LogP contribution in [0.2, 0.25) is 0 Å². The number of thiazole rings is 1. The maximum atomic E-state index is 9.77. The van der Waals surface area contributed by atoms with E-state index in [2.05, 4.69) is 25.9 Å². The molecule has 1 aromatic heterocycles. The van der Waals surface area contributed by atoms with Crippen LogP contribution in [-0.4, -0.2) is 16.3 Å². The minimum absolute atomic E-state index is 0.196. The van der Waals surface area contributed by atoms with Gasteiger partial charge < -0.3 is 5.11 Å². The van der Waals surface area contributed by atoms with E-state index >= 15 is 0 Å². The summed E-state index contributed by atoms with van der Waals surface area (Å²) >= 11 is 4.84. The molecule has 0 spiro atoms. The van der Waals surface area contributed by atoms with Gasteiger partial charge in [-0.25, -0.2) is 9.98 Å². The molecular weight excluding hydrogens is 348 g/mol. The van der Waals surface area contributed by atoms with Crippen LogP contribution in [0.5, 0.6) is 5.75 Å². The zero-order valence-corrected chi connectivity index (χ0v) is 13.3. The molecule has 0 radical (unpaired) electrons. The Balaban J connectivity index is 1.84. The van der Waals surface area contributed by atoms with Crippen LogP contribution in [0.4, 0.5) is 5.13 Å². The SMILES string of the molecule is Oc1ccc(Br)cc1C=Nc1nc(-c2ccccc2)cs1. The predicted molar refractivity (Wildman–Crippen MR) is 90.6 cm³/mol. The lowest BCUT2D eigenvalue weighted by molar-refractivity contribution is 0.474. The fourth-order valence-corrected chi connectivity index (χ4v) is 2.87. The van der Waals surface area contributed by atoms with Crippen molar-refractivity contribution in [2.75, 3.05) is 0 Å². The van der Waals surface area contributed by atoms with Gasteiger partial charge in [0.15, 0.2) is 0 Å². The zero-order chi connectivity index (χ0) is 14.7. The van der Waals surface area contributed by atoms with Crippen LogP contribution in [0.3, 0.4) is 0 Å². The number of hydrogen-bond donors (Lipinski definition) is 1. The van der Waals surface area contributed by atoms with Gasteiger partial charge in [-0.1, -0.05) is 46.3 Å². The molecule has 0 saturated heterocycles. The van der Waals surface area contributed by atoms with E-state index in [1.54, 1.807) is 18.3 Å². The lowest BCUT2D eigenvalue weighted by Gasteiger charge is -1.98. The van der Waals surface area contributed by atoms with Crippen molar-refractivity contribution in [1.29, 1.82) is 0 Å². The molecular formula is C16H11BrN2OS. The van der Waals surface area contributed by atoms with Gasteiger partial charge in [0, 0.05) is 27.2 Å². The molecule has 5 heteroatoms. The molecule has 0 aliphatic heterocycles. The number of phenols is 1. The topological polar surface area (TPSA) is 45.5 Å². The summed E-state index contributed by atoms with van der Waals surface area (Å²) in [6.45, 7) is 0. The number of hydrogen-bond acceptors (Lipinski definition) is 4. The van der Waals surface area contributed by atoms with E-state index in [0.29, 0.717) is 10.7 Å². The summed E-state index contributed by atoms with van der Waals surface area (Å²) in [6, 6.07) is 15.2. The van der Waals surface area contributed by atoms with Gasteiger partial charge in [-0.3, -0.25) is 0 Å². The summed E-state index contributed by atoms with van der Waals surface area (Å²) in [4.78, 5) is 8.80. The Labute approximate surface area is 134 Å². The average Bonchev–Trinajstić information content (AvgIpc) is 2.98. The Bertz CT molecular complexity index is 784. The van der Waals surface area contributed by atoms with Crippen molar-refractivity contribution in [3.05, 3.63) is 63.9 Å². The minimum Gasteiger partial charge on any atom is -0.507 e. The van der Waals surface area contributed by atoms with Crippen LogP contribution in [0, 0.1) is 0 Å². The van der Waals surface area contributed by atoms with Gasteiger partial charge in [-0.05, 0) is 18.2 Å². The summed E-state index contributed by atoms with van der Waals surface area (Å²) in [6.07, 6.45) is 1.62. The number of phenolic OH excluding ortho intramolecular Hbond substituents is 1. The van der Waals surface area contributed by atoms with Crippen molar-refractivity contribution in [1.82, 2.24) is 4.98 Å².